The lowest BCUT2D eigenvalue weighted by atomic mass is 10.0. The smallest absolute Gasteiger partial charge is 0.261 e. The molecule has 1 atom stereocenters. The number of imide groups is 1. The van der Waals surface area contributed by atoms with Gasteiger partial charge in [0.1, 0.15) is 0 Å². The van der Waals surface area contributed by atoms with E-state index in [1.54, 1.807) is 35.1 Å². The Bertz CT molecular complexity index is 1500. The lowest BCUT2D eigenvalue weighted by molar-refractivity contribution is 0.0629. The Morgan fingerprint density at radius 2 is 1.71 bits per heavy atom. The second kappa shape index (κ2) is 10.6. The first-order valence-electron chi connectivity index (χ1n) is 12.4. The largest absolute Gasteiger partial charge is 0.346 e. The van der Waals surface area contributed by atoms with E-state index >= 15 is 0 Å². The van der Waals surface area contributed by atoms with E-state index in [1.165, 1.54) is 16.2 Å². The number of carbonyl (C=O) groups excluding carboxylic acids is 3. The van der Waals surface area contributed by atoms with Crippen molar-refractivity contribution < 1.29 is 14.4 Å². The zero-order valence-electron chi connectivity index (χ0n) is 21.3. The number of benzene rings is 2. The summed E-state index contributed by atoms with van der Waals surface area (Å²) in [5, 5.41) is 7.87. The van der Waals surface area contributed by atoms with Crippen molar-refractivity contribution in [1.82, 2.24) is 20.0 Å². The number of hydrogen-bond acceptors (Lipinski definition) is 5. The van der Waals surface area contributed by atoms with Gasteiger partial charge in [0.25, 0.3) is 17.7 Å². The number of aryl methyl sites for hydroxylation is 3. The molecule has 0 spiro atoms. The van der Waals surface area contributed by atoms with Crippen molar-refractivity contribution in [3.8, 4) is 11.3 Å². The lowest BCUT2D eigenvalue weighted by Crippen LogP contribution is -2.46. The van der Waals surface area contributed by atoms with Crippen LogP contribution in [0.15, 0.2) is 60.8 Å². The number of thiophene rings is 1. The maximum Gasteiger partial charge on any atom is 0.261 e. The van der Waals surface area contributed by atoms with Gasteiger partial charge in [-0.05, 0) is 49.1 Å². The third-order valence-corrected chi connectivity index (χ3v) is 8.40. The molecule has 1 N–H and O–H groups in total. The Kier molecular flexibility index (Phi) is 7.19. The number of nitrogens with zero attached hydrogens (tertiary/aromatic N) is 3. The van der Waals surface area contributed by atoms with Gasteiger partial charge in [0.05, 0.1) is 39.0 Å². The average Bonchev–Trinajstić information content (AvgIpc) is 3.55. The molecule has 3 amide bonds. The molecule has 5 rings (SSSR count). The summed E-state index contributed by atoms with van der Waals surface area (Å²) < 4.78 is 1.70. The van der Waals surface area contributed by atoms with Crippen LogP contribution in [0.3, 0.4) is 0 Å². The molecule has 194 valence electrons. The Hall–Kier alpha value is -3.75. The average molecular weight is 547 g/mol. The van der Waals surface area contributed by atoms with Gasteiger partial charge in [-0.15, -0.1) is 11.3 Å². The van der Waals surface area contributed by atoms with Gasteiger partial charge in [0, 0.05) is 24.0 Å². The number of halogens is 1. The third-order valence-electron chi connectivity index (χ3n) is 6.85. The number of nitrogens with one attached hydrogen (secondary N) is 1. The molecule has 1 aliphatic heterocycles. The summed E-state index contributed by atoms with van der Waals surface area (Å²) >= 11 is 7.81. The summed E-state index contributed by atoms with van der Waals surface area (Å²) in [6, 6.07) is 16.1. The van der Waals surface area contributed by atoms with E-state index in [9.17, 15) is 14.4 Å². The minimum Gasteiger partial charge on any atom is -0.346 e. The monoisotopic (exact) mass is 546 g/mol. The zero-order valence-corrected chi connectivity index (χ0v) is 22.9. The summed E-state index contributed by atoms with van der Waals surface area (Å²) in [7, 11) is 1.82. The van der Waals surface area contributed by atoms with Crippen LogP contribution in [-0.2, 0) is 19.9 Å². The quantitative estimate of drug-likeness (QED) is 0.304. The highest BCUT2D eigenvalue weighted by Gasteiger charge is 2.37. The van der Waals surface area contributed by atoms with Crippen LogP contribution in [0, 0.1) is 6.92 Å². The van der Waals surface area contributed by atoms with Gasteiger partial charge in [-0.2, -0.15) is 5.10 Å². The molecule has 2 aromatic heterocycles. The first-order chi connectivity index (χ1) is 18.3. The number of amides is 3. The first-order valence-corrected chi connectivity index (χ1v) is 13.6. The van der Waals surface area contributed by atoms with E-state index in [1.807, 2.05) is 51.2 Å². The molecular weight excluding hydrogens is 520 g/mol. The minimum atomic E-state index is -0.485. The van der Waals surface area contributed by atoms with Gasteiger partial charge in [-0.3, -0.25) is 24.0 Å². The van der Waals surface area contributed by atoms with E-state index in [2.05, 4.69) is 10.4 Å². The van der Waals surface area contributed by atoms with Gasteiger partial charge in [0.2, 0.25) is 0 Å². The minimum absolute atomic E-state index is 0.0683. The van der Waals surface area contributed by atoms with E-state index < -0.39 is 6.04 Å². The van der Waals surface area contributed by atoms with Gasteiger partial charge >= 0.3 is 0 Å². The number of carbonyl (C=O) groups is 3. The van der Waals surface area contributed by atoms with Gasteiger partial charge in [0.15, 0.2) is 0 Å². The van der Waals surface area contributed by atoms with Crippen molar-refractivity contribution in [2.75, 3.05) is 6.54 Å². The number of rotatable bonds is 8. The molecule has 7 nitrogen and oxygen atoms in total. The first kappa shape index (κ1) is 25.9. The molecule has 1 aliphatic rings. The summed E-state index contributed by atoms with van der Waals surface area (Å²) in [6.07, 6.45) is 2.79. The van der Waals surface area contributed by atoms with Crippen LogP contribution < -0.4 is 5.32 Å². The highest BCUT2D eigenvalue weighted by atomic mass is 35.5. The topological polar surface area (TPSA) is 84.3 Å². The highest BCUT2D eigenvalue weighted by molar-refractivity contribution is 7.14. The third kappa shape index (κ3) is 4.77. The molecule has 0 saturated carbocycles. The van der Waals surface area contributed by atoms with Crippen molar-refractivity contribution in [3.63, 3.8) is 0 Å². The molecular formula is C29H27ClN4O3S. The van der Waals surface area contributed by atoms with Crippen LogP contribution in [0.4, 0.5) is 0 Å². The predicted molar refractivity (Wildman–Crippen MR) is 149 cm³/mol. The van der Waals surface area contributed by atoms with Crippen LogP contribution in [0.5, 0.6) is 0 Å². The van der Waals surface area contributed by atoms with Crippen LogP contribution in [-0.4, -0.2) is 45.0 Å². The fourth-order valence-electron chi connectivity index (χ4n) is 4.87. The Balaban J connectivity index is 1.44. The molecule has 0 bridgehead atoms. The van der Waals surface area contributed by atoms with Gasteiger partial charge in [-0.1, -0.05) is 54.9 Å². The van der Waals surface area contributed by atoms with Crippen molar-refractivity contribution in [3.05, 3.63) is 97.8 Å². The Morgan fingerprint density at radius 3 is 2.32 bits per heavy atom. The molecule has 4 aromatic rings. The maximum absolute atomic E-state index is 13.6. The highest BCUT2D eigenvalue weighted by Crippen LogP contribution is 2.36. The zero-order chi connectivity index (χ0) is 27.0. The van der Waals surface area contributed by atoms with Crippen LogP contribution >= 0.6 is 22.9 Å². The molecule has 0 aliphatic carbocycles. The van der Waals surface area contributed by atoms with Crippen LogP contribution in [0.1, 0.15) is 53.3 Å². The summed E-state index contributed by atoms with van der Waals surface area (Å²) in [5.74, 6) is -0.941. The lowest BCUT2D eigenvalue weighted by Gasteiger charge is -2.24. The van der Waals surface area contributed by atoms with Gasteiger partial charge < -0.3 is 5.32 Å². The van der Waals surface area contributed by atoms with E-state index in [0.29, 0.717) is 27.4 Å². The van der Waals surface area contributed by atoms with Crippen molar-refractivity contribution in [1.29, 1.82) is 0 Å². The maximum atomic E-state index is 13.6. The standard InChI is InChI=1S/C29H27ClN4O3S/c1-4-24-22(26-23(30)15-31-33(26)3)14-25(38-24)27(35)32-19(13-18-10-6-5-9-17(18)2)16-34-28(36)20-11-7-8-12-21(20)29(34)37/h5-12,14-15,19H,4,13,16H2,1-3H3,(H,32,35)/t19-/m0/s1. The molecule has 9 heteroatoms. The Morgan fingerprint density at radius 1 is 1.05 bits per heavy atom. The summed E-state index contributed by atoms with van der Waals surface area (Å²) in [4.78, 5) is 42.5. The van der Waals surface area contributed by atoms with Gasteiger partial charge in [-0.25, -0.2) is 0 Å². The molecule has 38 heavy (non-hydrogen) atoms. The second-order valence-corrected chi connectivity index (χ2v) is 10.9. The van der Waals surface area contributed by atoms with Crippen LogP contribution in [0.25, 0.3) is 11.3 Å². The van der Waals surface area contributed by atoms with Crippen LogP contribution in [0.2, 0.25) is 5.02 Å². The van der Waals surface area contributed by atoms with Crippen molar-refractivity contribution in [2.24, 2.45) is 7.05 Å². The van der Waals surface area contributed by atoms with E-state index in [-0.39, 0.29) is 24.3 Å². The van der Waals surface area contributed by atoms with Crippen molar-refractivity contribution in [2.45, 2.75) is 32.7 Å². The number of aromatic nitrogens is 2. The molecule has 0 fully saturated rings. The fraction of sp³-hybridized carbons (Fsp3) is 0.241. The van der Waals surface area contributed by atoms with E-state index in [4.69, 9.17) is 11.6 Å². The number of fused-ring (bicyclic) bond motifs is 1. The normalized spacial score (nSPS) is 13.6. The van der Waals surface area contributed by atoms with Crippen molar-refractivity contribution >= 4 is 40.7 Å². The number of hydrogen-bond donors (Lipinski definition) is 1. The second-order valence-electron chi connectivity index (χ2n) is 9.33. The summed E-state index contributed by atoms with van der Waals surface area (Å²) in [6.45, 7) is 4.11. The predicted octanol–water partition coefficient (Wildman–Crippen LogP) is 5.31. The van der Waals surface area contributed by atoms with E-state index in [0.717, 1.165) is 33.7 Å². The summed E-state index contributed by atoms with van der Waals surface area (Å²) in [5.41, 5.74) is 4.54. The molecule has 0 unspecified atom stereocenters. The molecule has 0 saturated heterocycles. The Labute approximate surface area is 230 Å². The molecule has 2 aromatic carbocycles. The molecule has 3 heterocycles. The fourth-order valence-corrected chi connectivity index (χ4v) is 6.14. The SMILES string of the molecule is CCc1sc(C(=O)N[C@@H](Cc2ccccc2C)CN2C(=O)c3ccccc3C2=O)cc1-c1c(Cl)cnn1C. The molecule has 0 radical (unpaired) electrons.